The molecular weight excluding hydrogens is 396 g/mol. The molecule has 0 aliphatic carbocycles. The molecule has 2 aromatic carbocycles. The van der Waals surface area contributed by atoms with Crippen LogP contribution in [-0.4, -0.2) is 34.6 Å². The van der Waals surface area contributed by atoms with E-state index in [2.05, 4.69) is 10.6 Å². The molecule has 31 heavy (non-hydrogen) atoms. The van der Waals surface area contributed by atoms with Gasteiger partial charge in [0, 0.05) is 23.7 Å². The Hall–Kier alpha value is -3.52. The number of para-hydroxylation sites is 1. The zero-order valence-corrected chi connectivity index (χ0v) is 16.7. The zero-order valence-electron chi connectivity index (χ0n) is 16.7. The summed E-state index contributed by atoms with van der Waals surface area (Å²) in [4.78, 5) is 53.0. The Bertz CT molecular complexity index is 1100. The lowest BCUT2D eigenvalue weighted by atomic mass is 9.76. The van der Waals surface area contributed by atoms with Crippen molar-refractivity contribution >= 4 is 29.3 Å². The van der Waals surface area contributed by atoms with Crippen molar-refractivity contribution in [1.82, 2.24) is 10.2 Å². The summed E-state index contributed by atoms with van der Waals surface area (Å²) in [7, 11) is 0. The van der Waals surface area contributed by atoms with Crippen molar-refractivity contribution in [1.29, 1.82) is 0 Å². The number of hydrogen-bond donors (Lipinski definition) is 3. The lowest BCUT2D eigenvalue weighted by Gasteiger charge is -2.29. The highest BCUT2D eigenvalue weighted by Crippen LogP contribution is 2.53. The maximum atomic E-state index is 13.6. The first-order valence-electron chi connectivity index (χ1n) is 10.3. The average molecular weight is 418 g/mol. The minimum atomic E-state index is -1.35. The Balaban J connectivity index is 1.58. The van der Waals surface area contributed by atoms with Crippen molar-refractivity contribution in [2.75, 3.05) is 5.32 Å². The smallest absolute Gasteiger partial charge is 0.250 e. The zero-order chi connectivity index (χ0) is 21.8. The molecule has 0 aromatic heterocycles. The van der Waals surface area contributed by atoms with Gasteiger partial charge in [0.2, 0.25) is 23.6 Å². The molecule has 0 radical (unpaired) electrons. The third kappa shape index (κ3) is 2.79. The molecule has 2 fully saturated rings. The lowest BCUT2D eigenvalue weighted by molar-refractivity contribution is -0.143. The summed E-state index contributed by atoms with van der Waals surface area (Å²) in [6, 6.07) is 15.9. The van der Waals surface area contributed by atoms with Gasteiger partial charge >= 0.3 is 0 Å². The maximum absolute atomic E-state index is 13.6. The summed E-state index contributed by atoms with van der Waals surface area (Å²) >= 11 is 0. The molecule has 3 heterocycles. The molecule has 0 bridgehead atoms. The van der Waals surface area contributed by atoms with E-state index in [-0.39, 0.29) is 37.1 Å². The van der Waals surface area contributed by atoms with Crippen molar-refractivity contribution in [3.63, 3.8) is 0 Å². The normalized spacial score (nSPS) is 28.7. The first kappa shape index (κ1) is 19.4. The van der Waals surface area contributed by atoms with Gasteiger partial charge in [-0.1, -0.05) is 48.5 Å². The minimum absolute atomic E-state index is 0.0559. The summed E-state index contributed by atoms with van der Waals surface area (Å²) in [6.45, 7) is 0.146. The molecule has 4 N–H and O–H groups in total. The van der Waals surface area contributed by atoms with Crippen LogP contribution in [0.4, 0.5) is 5.69 Å². The van der Waals surface area contributed by atoms with E-state index in [4.69, 9.17) is 5.73 Å². The van der Waals surface area contributed by atoms with Crippen molar-refractivity contribution in [3.8, 4) is 0 Å². The molecule has 8 heteroatoms. The molecule has 1 spiro atoms. The van der Waals surface area contributed by atoms with Gasteiger partial charge in [0.1, 0.15) is 5.54 Å². The summed E-state index contributed by atoms with van der Waals surface area (Å²) in [5, 5.41) is 6.14. The molecule has 4 amide bonds. The summed E-state index contributed by atoms with van der Waals surface area (Å²) in [6.07, 6.45) is 0.326. The highest BCUT2D eigenvalue weighted by molar-refractivity contribution is 6.15. The van der Waals surface area contributed by atoms with Gasteiger partial charge in [-0.25, -0.2) is 0 Å². The van der Waals surface area contributed by atoms with Crippen LogP contribution in [0.1, 0.15) is 24.0 Å². The van der Waals surface area contributed by atoms with E-state index in [1.807, 2.05) is 30.3 Å². The van der Waals surface area contributed by atoms with Crippen LogP contribution in [0.5, 0.6) is 0 Å². The number of nitrogens with zero attached hydrogens (tertiary/aromatic N) is 1. The highest BCUT2D eigenvalue weighted by atomic mass is 16.2. The van der Waals surface area contributed by atoms with Crippen LogP contribution < -0.4 is 16.4 Å². The van der Waals surface area contributed by atoms with Gasteiger partial charge in [-0.3, -0.25) is 29.4 Å². The molecule has 3 aliphatic rings. The SMILES string of the molecule is NC(=O)CC[C@H]1N[C@]2(C(=O)Nc3ccccc32)[C@H]2C(=O)N(Cc3ccccc3)C(=O)[C@@H]12. The lowest BCUT2D eigenvalue weighted by Crippen LogP contribution is -2.53. The van der Waals surface area contributed by atoms with Gasteiger partial charge < -0.3 is 11.1 Å². The van der Waals surface area contributed by atoms with E-state index in [1.54, 1.807) is 24.3 Å². The van der Waals surface area contributed by atoms with Crippen molar-refractivity contribution < 1.29 is 19.2 Å². The Morgan fingerprint density at radius 1 is 1.00 bits per heavy atom. The number of carbonyl (C=O) groups is 4. The van der Waals surface area contributed by atoms with Gasteiger partial charge in [-0.05, 0) is 18.1 Å². The minimum Gasteiger partial charge on any atom is -0.370 e. The maximum Gasteiger partial charge on any atom is 0.250 e. The standard InChI is InChI=1S/C23H22N4O4/c24-17(28)11-10-16-18-19(21(30)27(20(18)29)12-13-6-2-1-3-7-13)23(26-16)14-8-4-5-9-15(14)25-22(23)31/h1-9,16,18-19,26H,10-12H2,(H2,24,28)(H,25,31)/t16-,18+,19-,23+/m1/s1. The first-order chi connectivity index (χ1) is 14.9. The summed E-state index contributed by atoms with van der Waals surface area (Å²) in [5.74, 6) is -3.17. The second-order valence-corrected chi connectivity index (χ2v) is 8.32. The van der Waals surface area contributed by atoms with Crippen LogP contribution in [0, 0.1) is 11.8 Å². The number of anilines is 1. The number of rotatable bonds is 5. The molecule has 8 nitrogen and oxygen atoms in total. The number of carbonyl (C=O) groups excluding carboxylic acids is 4. The number of amides is 4. The molecule has 2 saturated heterocycles. The second kappa shape index (κ2) is 7.02. The molecule has 158 valence electrons. The number of hydrogen-bond acceptors (Lipinski definition) is 5. The molecule has 3 aliphatic heterocycles. The number of nitrogens with two attached hydrogens (primary N) is 1. The van der Waals surface area contributed by atoms with E-state index < -0.39 is 29.3 Å². The predicted octanol–water partition coefficient (Wildman–Crippen LogP) is 0.873. The van der Waals surface area contributed by atoms with Gasteiger partial charge in [0.15, 0.2) is 0 Å². The number of likely N-dealkylation sites (tertiary alicyclic amines) is 1. The Morgan fingerprint density at radius 2 is 1.71 bits per heavy atom. The predicted molar refractivity (Wildman–Crippen MR) is 111 cm³/mol. The topological polar surface area (TPSA) is 122 Å². The third-order valence-electron chi connectivity index (χ3n) is 6.60. The van der Waals surface area contributed by atoms with Crippen molar-refractivity contribution in [3.05, 3.63) is 65.7 Å². The molecule has 4 atom stereocenters. The Labute approximate surface area is 178 Å². The Kier molecular flexibility index (Phi) is 4.40. The summed E-state index contributed by atoms with van der Waals surface area (Å²) < 4.78 is 0. The van der Waals surface area contributed by atoms with Crippen LogP contribution in [-0.2, 0) is 31.3 Å². The number of nitrogens with one attached hydrogen (secondary N) is 2. The molecule has 0 saturated carbocycles. The van der Waals surface area contributed by atoms with E-state index in [0.29, 0.717) is 11.3 Å². The van der Waals surface area contributed by atoms with Gasteiger partial charge in [-0.15, -0.1) is 0 Å². The fourth-order valence-electron chi connectivity index (χ4n) is 5.29. The van der Waals surface area contributed by atoms with Crippen molar-refractivity contribution in [2.45, 2.75) is 31.0 Å². The van der Waals surface area contributed by atoms with E-state index in [1.165, 1.54) is 4.90 Å². The van der Waals surface area contributed by atoms with E-state index in [9.17, 15) is 19.2 Å². The van der Waals surface area contributed by atoms with Crippen LogP contribution in [0.25, 0.3) is 0 Å². The van der Waals surface area contributed by atoms with E-state index >= 15 is 0 Å². The number of fused-ring (bicyclic) bond motifs is 4. The second-order valence-electron chi connectivity index (χ2n) is 8.32. The number of primary amides is 1. The van der Waals surface area contributed by atoms with Gasteiger partial charge in [0.25, 0.3) is 0 Å². The quantitative estimate of drug-likeness (QED) is 0.622. The fraction of sp³-hybridized carbons (Fsp3) is 0.304. The van der Waals surface area contributed by atoms with Gasteiger partial charge in [-0.2, -0.15) is 0 Å². The number of imide groups is 1. The Morgan fingerprint density at radius 3 is 2.45 bits per heavy atom. The van der Waals surface area contributed by atoms with Crippen LogP contribution >= 0.6 is 0 Å². The van der Waals surface area contributed by atoms with Crippen LogP contribution in [0.2, 0.25) is 0 Å². The summed E-state index contributed by atoms with van der Waals surface area (Å²) in [5.41, 5.74) is 6.10. The highest BCUT2D eigenvalue weighted by Gasteiger charge is 2.70. The molecule has 0 unspecified atom stereocenters. The monoisotopic (exact) mass is 418 g/mol. The van der Waals surface area contributed by atoms with Crippen LogP contribution in [0.15, 0.2) is 54.6 Å². The first-order valence-corrected chi connectivity index (χ1v) is 10.3. The van der Waals surface area contributed by atoms with E-state index in [0.717, 1.165) is 5.56 Å². The molecule has 5 rings (SSSR count). The molecule has 2 aromatic rings. The number of benzene rings is 2. The largest absolute Gasteiger partial charge is 0.370 e. The van der Waals surface area contributed by atoms with Crippen LogP contribution in [0.3, 0.4) is 0 Å². The average Bonchev–Trinajstić information content (AvgIpc) is 3.34. The third-order valence-corrected chi connectivity index (χ3v) is 6.60. The fourth-order valence-corrected chi connectivity index (χ4v) is 5.29. The van der Waals surface area contributed by atoms with Gasteiger partial charge in [0.05, 0.1) is 18.4 Å². The molecular formula is C23H22N4O4. The van der Waals surface area contributed by atoms with Crippen molar-refractivity contribution in [2.24, 2.45) is 17.6 Å².